The van der Waals surface area contributed by atoms with E-state index in [4.69, 9.17) is 5.73 Å². The second kappa shape index (κ2) is 6.70. The van der Waals surface area contributed by atoms with Crippen LogP contribution in [0.5, 0.6) is 0 Å². The standard InChI is InChI=1S/C15H20N2O2S2/c1-3-12-6-7-20-15(12)10-17-21(18,19)14-5-4-11(2)13(8-14)9-16/h4-8,17H,3,9-10,16H2,1-2H3. The molecule has 0 spiro atoms. The van der Waals surface area contributed by atoms with Gasteiger partial charge in [0.2, 0.25) is 10.0 Å². The molecule has 0 unspecified atom stereocenters. The van der Waals surface area contributed by atoms with Gasteiger partial charge < -0.3 is 5.73 Å². The van der Waals surface area contributed by atoms with Crippen LogP contribution in [-0.4, -0.2) is 8.42 Å². The first-order valence-corrected chi connectivity index (χ1v) is 9.18. The van der Waals surface area contributed by atoms with Crippen molar-refractivity contribution < 1.29 is 8.42 Å². The van der Waals surface area contributed by atoms with Gasteiger partial charge in [0.05, 0.1) is 4.90 Å². The molecular formula is C15H20N2O2S2. The number of nitrogens with two attached hydrogens (primary N) is 1. The largest absolute Gasteiger partial charge is 0.326 e. The number of rotatable bonds is 6. The van der Waals surface area contributed by atoms with E-state index in [9.17, 15) is 8.42 Å². The lowest BCUT2D eigenvalue weighted by atomic mass is 10.1. The molecule has 21 heavy (non-hydrogen) atoms. The molecule has 3 N–H and O–H groups in total. The molecule has 1 aromatic carbocycles. The minimum Gasteiger partial charge on any atom is -0.326 e. The minimum absolute atomic E-state index is 0.267. The molecule has 4 nitrogen and oxygen atoms in total. The zero-order valence-electron chi connectivity index (χ0n) is 12.2. The molecule has 0 aliphatic carbocycles. The highest BCUT2D eigenvalue weighted by molar-refractivity contribution is 7.89. The molecule has 114 valence electrons. The third-order valence-corrected chi connectivity index (χ3v) is 5.85. The summed E-state index contributed by atoms with van der Waals surface area (Å²) >= 11 is 1.57. The van der Waals surface area contributed by atoms with Crippen LogP contribution < -0.4 is 10.5 Å². The van der Waals surface area contributed by atoms with E-state index in [-0.39, 0.29) is 4.90 Å². The van der Waals surface area contributed by atoms with Crippen molar-refractivity contribution in [2.24, 2.45) is 5.73 Å². The van der Waals surface area contributed by atoms with Gasteiger partial charge in [-0.25, -0.2) is 13.1 Å². The summed E-state index contributed by atoms with van der Waals surface area (Å²) in [5, 5.41) is 1.99. The highest BCUT2D eigenvalue weighted by atomic mass is 32.2. The van der Waals surface area contributed by atoms with Crippen LogP contribution in [0.4, 0.5) is 0 Å². The number of benzene rings is 1. The van der Waals surface area contributed by atoms with Crippen molar-refractivity contribution in [2.45, 2.75) is 38.3 Å². The Morgan fingerprint density at radius 1 is 1.24 bits per heavy atom. The Morgan fingerprint density at radius 3 is 2.67 bits per heavy atom. The van der Waals surface area contributed by atoms with Crippen LogP contribution in [0.2, 0.25) is 0 Å². The van der Waals surface area contributed by atoms with Crippen LogP contribution in [0.3, 0.4) is 0 Å². The molecule has 2 aromatic rings. The van der Waals surface area contributed by atoms with Crippen LogP contribution >= 0.6 is 11.3 Å². The third kappa shape index (κ3) is 3.71. The Hall–Kier alpha value is -1.21. The smallest absolute Gasteiger partial charge is 0.240 e. The summed E-state index contributed by atoms with van der Waals surface area (Å²) in [6, 6.07) is 7.09. The molecule has 0 aliphatic heterocycles. The van der Waals surface area contributed by atoms with Gasteiger partial charge in [0.25, 0.3) is 0 Å². The average Bonchev–Trinajstić information content (AvgIpc) is 2.93. The molecule has 0 amide bonds. The molecule has 2 rings (SSSR count). The molecule has 0 aliphatic rings. The highest BCUT2D eigenvalue weighted by Gasteiger charge is 2.16. The molecule has 0 saturated carbocycles. The predicted octanol–water partition coefficient (Wildman–Crippen LogP) is 2.56. The summed E-state index contributed by atoms with van der Waals surface area (Å²) in [6.07, 6.45) is 0.905. The Kier molecular flexibility index (Phi) is 5.16. The molecule has 1 heterocycles. The van der Waals surface area contributed by atoms with Gasteiger partial charge in [-0.3, -0.25) is 0 Å². The van der Waals surface area contributed by atoms with Gasteiger partial charge >= 0.3 is 0 Å². The quantitative estimate of drug-likeness (QED) is 0.858. The Bertz CT molecular complexity index is 721. The first-order chi connectivity index (χ1) is 9.97. The molecule has 0 atom stereocenters. The maximum absolute atomic E-state index is 12.4. The summed E-state index contributed by atoms with van der Waals surface area (Å²) in [7, 11) is -3.51. The Morgan fingerprint density at radius 2 is 2.00 bits per heavy atom. The summed E-state index contributed by atoms with van der Waals surface area (Å²) in [5.41, 5.74) is 8.68. The Balaban J connectivity index is 2.19. The van der Waals surface area contributed by atoms with E-state index in [0.717, 1.165) is 22.4 Å². The first kappa shape index (κ1) is 16.2. The lowest BCUT2D eigenvalue weighted by molar-refractivity contribution is 0.581. The van der Waals surface area contributed by atoms with Gasteiger partial charge in [0.1, 0.15) is 0 Å². The second-order valence-electron chi connectivity index (χ2n) is 4.84. The average molecular weight is 324 g/mol. The van der Waals surface area contributed by atoms with E-state index in [1.54, 1.807) is 29.5 Å². The highest BCUT2D eigenvalue weighted by Crippen LogP contribution is 2.19. The van der Waals surface area contributed by atoms with Crippen molar-refractivity contribution in [2.75, 3.05) is 0 Å². The van der Waals surface area contributed by atoms with Gasteiger partial charge in [-0.2, -0.15) is 0 Å². The van der Waals surface area contributed by atoms with Crippen LogP contribution in [0.25, 0.3) is 0 Å². The summed E-state index contributed by atoms with van der Waals surface area (Å²) in [4.78, 5) is 1.33. The van der Waals surface area contributed by atoms with Gasteiger partial charge in [-0.15, -0.1) is 11.3 Å². The molecule has 0 fully saturated rings. The zero-order chi connectivity index (χ0) is 15.5. The van der Waals surface area contributed by atoms with E-state index in [0.29, 0.717) is 13.1 Å². The van der Waals surface area contributed by atoms with Crippen LogP contribution in [-0.2, 0) is 29.5 Å². The third-order valence-electron chi connectivity index (χ3n) is 3.49. The van der Waals surface area contributed by atoms with Crippen LogP contribution in [0.1, 0.15) is 28.5 Å². The fourth-order valence-corrected chi connectivity index (χ4v) is 4.17. The van der Waals surface area contributed by atoms with Gasteiger partial charge in [0.15, 0.2) is 0 Å². The van der Waals surface area contributed by atoms with Gasteiger partial charge in [0, 0.05) is 18.0 Å². The number of hydrogen-bond acceptors (Lipinski definition) is 4. The van der Waals surface area contributed by atoms with Crippen molar-refractivity contribution in [1.82, 2.24) is 4.72 Å². The maximum Gasteiger partial charge on any atom is 0.240 e. The maximum atomic E-state index is 12.4. The van der Waals surface area contributed by atoms with E-state index >= 15 is 0 Å². The summed E-state index contributed by atoms with van der Waals surface area (Å²) in [6.45, 7) is 4.65. The number of thiophene rings is 1. The SMILES string of the molecule is CCc1ccsc1CNS(=O)(=O)c1ccc(C)c(CN)c1. The lowest BCUT2D eigenvalue weighted by Gasteiger charge is -2.10. The number of sulfonamides is 1. The van der Waals surface area contributed by atoms with Gasteiger partial charge in [-0.05, 0) is 53.6 Å². The Labute approximate surface area is 130 Å². The van der Waals surface area contributed by atoms with Crippen molar-refractivity contribution in [1.29, 1.82) is 0 Å². The number of aryl methyl sites for hydroxylation is 2. The zero-order valence-corrected chi connectivity index (χ0v) is 13.9. The van der Waals surface area contributed by atoms with E-state index < -0.39 is 10.0 Å². The van der Waals surface area contributed by atoms with Crippen molar-refractivity contribution in [3.05, 3.63) is 51.2 Å². The fourth-order valence-electron chi connectivity index (χ4n) is 2.12. The predicted molar refractivity (Wildman–Crippen MR) is 86.8 cm³/mol. The topological polar surface area (TPSA) is 72.2 Å². The summed E-state index contributed by atoms with van der Waals surface area (Å²) in [5.74, 6) is 0. The molecule has 0 radical (unpaired) electrons. The van der Waals surface area contributed by atoms with Crippen LogP contribution in [0.15, 0.2) is 34.5 Å². The van der Waals surface area contributed by atoms with Crippen LogP contribution in [0, 0.1) is 6.92 Å². The molecule has 0 saturated heterocycles. The first-order valence-electron chi connectivity index (χ1n) is 6.82. The number of hydrogen-bond donors (Lipinski definition) is 2. The van der Waals surface area contributed by atoms with E-state index in [1.165, 1.54) is 5.56 Å². The minimum atomic E-state index is -3.51. The van der Waals surface area contributed by atoms with Crippen molar-refractivity contribution in [3.63, 3.8) is 0 Å². The lowest BCUT2D eigenvalue weighted by Crippen LogP contribution is -2.23. The molecule has 0 bridgehead atoms. The van der Waals surface area contributed by atoms with Crippen molar-refractivity contribution in [3.8, 4) is 0 Å². The summed E-state index contributed by atoms with van der Waals surface area (Å²) < 4.78 is 27.4. The molecule has 6 heteroatoms. The van der Waals surface area contributed by atoms with Crippen molar-refractivity contribution >= 4 is 21.4 Å². The monoisotopic (exact) mass is 324 g/mol. The molecular weight excluding hydrogens is 304 g/mol. The number of nitrogens with one attached hydrogen (secondary N) is 1. The van der Waals surface area contributed by atoms with Gasteiger partial charge in [-0.1, -0.05) is 13.0 Å². The second-order valence-corrected chi connectivity index (χ2v) is 7.61. The van der Waals surface area contributed by atoms with E-state index in [1.807, 2.05) is 18.4 Å². The normalized spacial score (nSPS) is 11.8. The van der Waals surface area contributed by atoms with E-state index in [2.05, 4.69) is 11.6 Å². The molecule has 1 aromatic heterocycles. The fraction of sp³-hybridized carbons (Fsp3) is 0.333.